The van der Waals surface area contributed by atoms with Crippen LogP contribution < -0.4 is 20.1 Å². The van der Waals surface area contributed by atoms with E-state index in [0.717, 1.165) is 39.3 Å². The summed E-state index contributed by atoms with van der Waals surface area (Å²) in [6.45, 7) is 5.91. The predicted octanol–water partition coefficient (Wildman–Crippen LogP) is 6.32. The molecule has 3 aromatic rings. The third-order valence-electron chi connectivity index (χ3n) is 7.72. The fourth-order valence-electron chi connectivity index (χ4n) is 5.77. The number of dihydropyridines is 1. The lowest BCUT2D eigenvalue weighted by atomic mass is 9.71. The largest absolute Gasteiger partial charge is 0.493 e. The van der Waals surface area contributed by atoms with Gasteiger partial charge in [0.25, 0.3) is 5.91 Å². The van der Waals surface area contributed by atoms with E-state index in [1.165, 1.54) is 0 Å². The van der Waals surface area contributed by atoms with Gasteiger partial charge in [-0.25, -0.2) is 0 Å². The molecule has 0 unspecified atom stereocenters. The van der Waals surface area contributed by atoms with Crippen molar-refractivity contribution in [2.24, 2.45) is 0 Å². The van der Waals surface area contributed by atoms with Crippen LogP contribution in [-0.2, 0) is 9.59 Å². The highest BCUT2D eigenvalue weighted by Gasteiger charge is 2.41. The molecule has 0 aromatic heterocycles. The van der Waals surface area contributed by atoms with Gasteiger partial charge in [0, 0.05) is 40.6 Å². The Bertz CT molecular complexity index is 1520. The Balaban J connectivity index is 1.55. The number of ether oxygens (including phenoxy) is 2. The van der Waals surface area contributed by atoms with Crippen LogP contribution in [0.15, 0.2) is 89.3 Å². The highest BCUT2D eigenvalue weighted by molar-refractivity contribution is 6.10. The van der Waals surface area contributed by atoms with Gasteiger partial charge in [-0.15, -0.1) is 0 Å². The van der Waals surface area contributed by atoms with Crippen molar-refractivity contribution < 1.29 is 19.1 Å². The summed E-state index contributed by atoms with van der Waals surface area (Å²) in [4.78, 5) is 27.8. The molecule has 2 atom stereocenters. The number of rotatable bonds is 6. The Morgan fingerprint density at radius 1 is 0.872 bits per heavy atom. The molecule has 0 spiro atoms. The zero-order chi connectivity index (χ0) is 27.7. The first-order chi connectivity index (χ1) is 18.8. The zero-order valence-electron chi connectivity index (χ0n) is 23.1. The maximum Gasteiger partial charge on any atom is 0.254 e. The third-order valence-corrected chi connectivity index (χ3v) is 7.72. The standard InChI is InChI=1S/C33H34N2O4/c1-19-9-8-11-23(15-19)31-30(33(37)35-25-12-7-6-10-20(25)2)21(3)34-26-16-24(17-27(36)32(26)31)22-13-14-28(38-4)29(18-22)39-5/h6-15,18,24,31,34H,16-17H2,1-5H3,(H,35,37)/t24-,31-/m1/s1. The number of benzene rings is 3. The van der Waals surface area contributed by atoms with Gasteiger partial charge >= 0.3 is 0 Å². The van der Waals surface area contributed by atoms with Gasteiger partial charge < -0.3 is 20.1 Å². The number of aryl methyl sites for hydroxylation is 2. The number of hydrogen-bond donors (Lipinski definition) is 2. The van der Waals surface area contributed by atoms with Gasteiger partial charge in [0.15, 0.2) is 17.3 Å². The minimum absolute atomic E-state index is 0.0168. The predicted molar refractivity (Wildman–Crippen MR) is 153 cm³/mol. The molecule has 1 amide bonds. The van der Waals surface area contributed by atoms with Crippen molar-refractivity contribution in [2.45, 2.75) is 45.4 Å². The highest BCUT2D eigenvalue weighted by atomic mass is 16.5. The lowest BCUT2D eigenvalue weighted by Gasteiger charge is -2.37. The molecule has 0 radical (unpaired) electrons. The first kappa shape index (κ1) is 26.3. The minimum Gasteiger partial charge on any atom is -0.493 e. The molecule has 3 aromatic carbocycles. The van der Waals surface area contributed by atoms with Crippen molar-refractivity contribution in [2.75, 3.05) is 19.5 Å². The van der Waals surface area contributed by atoms with Gasteiger partial charge in [0.2, 0.25) is 0 Å². The van der Waals surface area contributed by atoms with E-state index in [2.05, 4.69) is 16.7 Å². The van der Waals surface area contributed by atoms with Crippen LogP contribution in [-0.4, -0.2) is 25.9 Å². The lowest BCUT2D eigenvalue weighted by molar-refractivity contribution is -0.116. The zero-order valence-corrected chi connectivity index (χ0v) is 23.1. The number of allylic oxidation sites excluding steroid dienone is 3. The molecule has 2 N–H and O–H groups in total. The van der Waals surface area contributed by atoms with Gasteiger partial charge in [-0.2, -0.15) is 0 Å². The summed E-state index contributed by atoms with van der Waals surface area (Å²) < 4.78 is 10.9. The quantitative estimate of drug-likeness (QED) is 0.396. The smallest absolute Gasteiger partial charge is 0.254 e. The van der Waals surface area contributed by atoms with Crippen LogP contribution in [0.2, 0.25) is 0 Å². The Kier molecular flexibility index (Phi) is 7.29. The van der Waals surface area contributed by atoms with E-state index < -0.39 is 5.92 Å². The molecule has 2 aliphatic rings. The molecule has 5 rings (SSSR count). The lowest BCUT2D eigenvalue weighted by Crippen LogP contribution is -2.37. The van der Waals surface area contributed by atoms with Crippen LogP contribution >= 0.6 is 0 Å². The van der Waals surface area contributed by atoms with E-state index in [0.29, 0.717) is 35.5 Å². The van der Waals surface area contributed by atoms with E-state index in [1.807, 2.05) is 81.4 Å². The van der Waals surface area contributed by atoms with Gasteiger partial charge in [-0.05, 0) is 68.0 Å². The fraction of sp³-hybridized carbons (Fsp3) is 0.273. The van der Waals surface area contributed by atoms with Crippen LogP contribution in [0, 0.1) is 13.8 Å². The summed E-state index contributed by atoms with van der Waals surface area (Å²) in [6, 6.07) is 21.6. The molecular weight excluding hydrogens is 488 g/mol. The van der Waals surface area contributed by atoms with Crippen molar-refractivity contribution in [1.29, 1.82) is 0 Å². The molecule has 200 valence electrons. The van der Waals surface area contributed by atoms with Crippen LogP contribution in [0.3, 0.4) is 0 Å². The van der Waals surface area contributed by atoms with Gasteiger partial charge in [-0.1, -0.05) is 54.1 Å². The van der Waals surface area contributed by atoms with Crippen LogP contribution in [0.5, 0.6) is 11.5 Å². The summed E-state index contributed by atoms with van der Waals surface area (Å²) in [7, 11) is 3.22. The summed E-state index contributed by atoms with van der Waals surface area (Å²) in [5.41, 5.74) is 7.66. The van der Waals surface area contributed by atoms with Crippen LogP contribution in [0.4, 0.5) is 5.69 Å². The number of ketones is 1. The second-order valence-electron chi connectivity index (χ2n) is 10.3. The van der Waals surface area contributed by atoms with E-state index in [4.69, 9.17) is 9.47 Å². The van der Waals surface area contributed by atoms with E-state index >= 15 is 0 Å². The molecular formula is C33H34N2O4. The number of nitrogens with one attached hydrogen (secondary N) is 2. The molecule has 0 saturated heterocycles. The Morgan fingerprint density at radius 2 is 1.64 bits per heavy atom. The fourth-order valence-corrected chi connectivity index (χ4v) is 5.77. The first-order valence-corrected chi connectivity index (χ1v) is 13.2. The van der Waals surface area contributed by atoms with Crippen LogP contribution in [0.25, 0.3) is 0 Å². The molecule has 0 saturated carbocycles. The number of anilines is 1. The number of methoxy groups -OCH3 is 2. The Labute approximate surface area is 229 Å². The Morgan fingerprint density at radius 3 is 2.36 bits per heavy atom. The molecule has 39 heavy (non-hydrogen) atoms. The molecule has 1 aliphatic heterocycles. The molecule has 1 heterocycles. The molecule has 6 nitrogen and oxygen atoms in total. The van der Waals surface area contributed by atoms with E-state index in [9.17, 15) is 9.59 Å². The maximum atomic E-state index is 13.9. The van der Waals surface area contributed by atoms with Gasteiger partial charge in [-0.3, -0.25) is 9.59 Å². The third kappa shape index (κ3) is 5.07. The second-order valence-corrected chi connectivity index (χ2v) is 10.3. The van der Waals surface area contributed by atoms with E-state index in [1.54, 1.807) is 14.2 Å². The van der Waals surface area contributed by atoms with Crippen molar-refractivity contribution in [3.8, 4) is 11.5 Å². The summed E-state index contributed by atoms with van der Waals surface area (Å²) in [5, 5.41) is 6.56. The number of Topliss-reactive ketones (excluding diaryl/α,β-unsaturated/α-hetero) is 1. The molecule has 1 aliphatic carbocycles. The summed E-state index contributed by atoms with van der Waals surface area (Å²) >= 11 is 0. The van der Waals surface area contributed by atoms with Crippen LogP contribution in [0.1, 0.15) is 53.9 Å². The number of para-hydroxylation sites is 1. The molecule has 0 fully saturated rings. The summed E-state index contributed by atoms with van der Waals surface area (Å²) in [6.07, 6.45) is 1.01. The molecule has 0 bridgehead atoms. The van der Waals surface area contributed by atoms with Crippen molar-refractivity contribution >= 4 is 17.4 Å². The molecule has 6 heteroatoms. The number of carbonyl (C=O) groups is 2. The van der Waals surface area contributed by atoms with Crippen molar-refractivity contribution in [3.63, 3.8) is 0 Å². The minimum atomic E-state index is -0.455. The van der Waals surface area contributed by atoms with Gasteiger partial charge in [0.1, 0.15) is 0 Å². The van der Waals surface area contributed by atoms with Crippen molar-refractivity contribution in [1.82, 2.24) is 5.32 Å². The summed E-state index contributed by atoms with van der Waals surface area (Å²) in [5.74, 6) is 0.663. The number of amides is 1. The average Bonchev–Trinajstić information content (AvgIpc) is 2.92. The van der Waals surface area contributed by atoms with E-state index in [-0.39, 0.29) is 17.6 Å². The monoisotopic (exact) mass is 522 g/mol. The second kappa shape index (κ2) is 10.8. The first-order valence-electron chi connectivity index (χ1n) is 13.2. The van der Waals surface area contributed by atoms with Gasteiger partial charge in [0.05, 0.1) is 14.2 Å². The van der Waals surface area contributed by atoms with Crippen molar-refractivity contribution in [3.05, 3.63) is 112 Å². The normalized spacial score (nSPS) is 18.8. The topological polar surface area (TPSA) is 76.7 Å². The number of carbonyl (C=O) groups excluding carboxylic acids is 2. The maximum absolute atomic E-state index is 13.9. The highest BCUT2D eigenvalue weighted by Crippen LogP contribution is 2.46. The number of hydrogen-bond acceptors (Lipinski definition) is 5. The average molecular weight is 523 g/mol. The Hall–Kier alpha value is -4.32. The SMILES string of the molecule is COc1ccc([C@H]2CC(=O)C3=C(C2)NC(C)=C(C(=O)Nc2ccccc2C)[C@H]3c2cccc(C)c2)cc1OC.